The number of fused-ring (bicyclic) bond motifs is 1. The summed E-state index contributed by atoms with van der Waals surface area (Å²) >= 11 is 1.34. The molecule has 0 bridgehead atoms. The van der Waals surface area contributed by atoms with Crippen LogP contribution >= 0.6 is 11.5 Å². The number of amides is 3. The Morgan fingerprint density at radius 1 is 1.19 bits per heavy atom. The summed E-state index contributed by atoms with van der Waals surface area (Å²) in [5.41, 5.74) is 1.62. The Kier molecular flexibility index (Phi) is 4.81. The summed E-state index contributed by atoms with van der Waals surface area (Å²) in [6, 6.07) is 9.49. The molecule has 0 spiro atoms. The molecule has 4 rings (SSSR count). The summed E-state index contributed by atoms with van der Waals surface area (Å²) in [5.74, 6) is 0.644. The molecule has 140 valence electrons. The minimum Gasteiger partial charge on any atom is -0.467 e. The summed E-state index contributed by atoms with van der Waals surface area (Å²) in [5, 5.41) is 3.74. The fourth-order valence-electron chi connectivity index (χ4n) is 3.16. The molecule has 0 unspecified atom stereocenters. The van der Waals surface area contributed by atoms with Gasteiger partial charge in [-0.1, -0.05) is 11.6 Å². The van der Waals surface area contributed by atoms with Crippen LogP contribution in [0.2, 0.25) is 0 Å². The fourth-order valence-corrected chi connectivity index (χ4v) is 3.91. The van der Waals surface area contributed by atoms with E-state index in [9.17, 15) is 9.59 Å². The monoisotopic (exact) mass is 384 g/mol. The number of furan rings is 1. The number of rotatable bonds is 3. The van der Waals surface area contributed by atoms with Gasteiger partial charge in [0.2, 0.25) is 0 Å². The zero-order chi connectivity index (χ0) is 18.8. The predicted molar refractivity (Wildman–Crippen MR) is 103 cm³/mol. The van der Waals surface area contributed by atoms with E-state index in [1.54, 1.807) is 22.1 Å². The maximum atomic E-state index is 12.9. The maximum absolute atomic E-state index is 12.9. The Bertz CT molecular complexity index is 959. The molecule has 3 heterocycles. The SMILES string of the molecule is Cc1ccc2snc(C(=O)N3CCN(C(=O)NCc4ccco4)CC3)c2c1. The molecule has 7 nitrogen and oxygen atoms in total. The summed E-state index contributed by atoms with van der Waals surface area (Å²) in [6.07, 6.45) is 1.58. The second-order valence-electron chi connectivity index (χ2n) is 6.55. The van der Waals surface area contributed by atoms with Gasteiger partial charge >= 0.3 is 6.03 Å². The van der Waals surface area contributed by atoms with Crippen molar-refractivity contribution in [3.05, 3.63) is 53.6 Å². The van der Waals surface area contributed by atoms with E-state index < -0.39 is 0 Å². The van der Waals surface area contributed by atoms with E-state index in [0.29, 0.717) is 44.2 Å². The smallest absolute Gasteiger partial charge is 0.317 e. The molecule has 1 aromatic carbocycles. The van der Waals surface area contributed by atoms with Crippen molar-refractivity contribution < 1.29 is 14.0 Å². The largest absolute Gasteiger partial charge is 0.467 e. The molecule has 3 amide bonds. The zero-order valence-corrected chi connectivity index (χ0v) is 15.8. The number of urea groups is 1. The van der Waals surface area contributed by atoms with Crippen molar-refractivity contribution in [2.75, 3.05) is 26.2 Å². The van der Waals surface area contributed by atoms with Crippen molar-refractivity contribution in [1.82, 2.24) is 19.5 Å². The number of nitrogens with zero attached hydrogens (tertiary/aromatic N) is 3. The highest BCUT2D eigenvalue weighted by Gasteiger charge is 2.27. The van der Waals surface area contributed by atoms with E-state index in [0.717, 1.165) is 15.6 Å². The number of benzene rings is 1. The van der Waals surface area contributed by atoms with Crippen molar-refractivity contribution in [2.45, 2.75) is 13.5 Å². The summed E-state index contributed by atoms with van der Waals surface area (Å²) in [6.45, 7) is 4.35. The molecule has 0 radical (unpaired) electrons. The first-order valence-corrected chi connectivity index (χ1v) is 9.59. The Hall–Kier alpha value is -2.87. The van der Waals surface area contributed by atoms with Gasteiger partial charge < -0.3 is 19.5 Å². The third-order valence-electron chi connectivity index (χ3n) is 4.68. The first-order chi connectivity index (χ1) is 13.1. The first kappa shape index (κ1) is 17.5. The van der Waals surface area contributed by atoms with Crippen LogP contribution in [0.5, 0.6) is 0 Å². The minimum atomic E-state index is -0.145. The summed E-state index contributed by atoms with van der Waals surface area (Å²) < 4.78 is 10.6. The third-order valence-corrected chi connectivity index (χ3v) is 5.50. The van der Waals surface area contributed by atoms with Gasteiger partial charge in [-0.2, -0.15) is 4.37 Å². The Morgan fingerprint density at radius 3 is 2.70 bits per heavy atom. The van der Waals surface area contributed by atoms with Crippen LogP contribution in [-0.4, -0.2) is 52.3 Å². The number of piperazine rings is 1. The van der Waals surface area contributed by atoms with Gasteiger partial charge in [-0.15, -0.1) is 0 Å². The number of nitrogens with one attached hydrogen (secondary N) is 1. The molecule has 0 aliphatic carbocycles. The summed E-state index contributed by atoms with van der Waals surface area (Å²) in [7, 11) is 0. The lowest BCUT2D eigenvalue weighted by Crippen LogP contribution is -2.53. The fraction of sp³-hybridized carbons (Fsp3) is 0.316. The number of hydrogen-bond donors (Lipinski definition) is 1. The van der Waals surface area contributed by atoms with Crippen molar-refractivity contribution in [3.8, 4) is 0 Å². The van der Waals surface area contributed by atoms with Crippen LogP contribution in [0, 0.1) is 6.92 Å². The van der Waals surface area contributed by atoms with E-state index in [1.807, 2.05) is 31.2 Å². The standard InChI is InChI=1S/C19H20N4O3S/c1-13-4-5-16-15(11-13)17(21-27-16)18(24)22-6-8-23(9-7-22)19(25)20-12-14-3-2-10-26-14/h2-5,10-11H,6-9,12H2,1H3,(H,20,25). The molecule has 1 aliphatic rings. The van der Waals surface area contributed by atoms with Crippen LogP contribution in [0.15, 0.2) is 41.0 Å². The van der Waals surface area contributed by atoms with Crippen LogP contribution in [0.3, 0.4) is 0 Å². The van der Waals surface area contributed by atoms with Crippen LogP contribution in [0.4, 0.5) is 4.79 Å². The zero-order valence-electron chi connectivity index (χ0n) is 15.0. The van der Waals surface area contributed by atoms with Gasteiger partial charge in [-0.25, -0.2) is 4.79 Å². The quantitative estimate of drug-likeness (QED) is 0.753. The molecule has 0 atom stereocenters. The Labute approximate surface area is 160 Å². The van der Waals surface area contributed by atoms with Crippen molar-refractivity contribution in [2.24, 2.45) is 0 Å². The number of aryl methyl sites for hydroxylation is 1. The number of hydrogen-bond acceptors (Lipinski definition) is 5. The average Bonchev–Trinajstić information content (AvgIpc) is 3.35. The molecule has 1 saturated heterocycles. The molecule has 1 aliphatic heterocycles. The predicted octanol–water partition coefficient (Wildman–Crippen LogP) is 2.87. The molecule has 27 heavy (non-hydrogen) atoms. The lowest BCUT2D eigenvalue weighted by molar-refractivity contribution is 0.0662. The molecular formula is C19H20N4O3S. The van der Waals surface area contributed by atoms with E-state index >= 15 is 0 Å². The lowest BCUT2D eigenvalue weighted by atomic mass is 10.1. The van der Waals surface area contributed by atoms with E-state index in [4.69, 9.17) is 4.42 Å². The minimum absolute atomic E-state index is 0.0671. The van der Waals surface area contributed by atoms with Crippen molar-refractivity contribution >= 4 is 33.6 Å². The van der Waals surface area contributed by atoms with Crippen molar-refractivity contribution in [1.29, 1.82) is 0 Å². The normalized spacial score (nSPS) is 14.6. The molecule has 1 N–H and O–H groups in total. The highest BCUT2D eigenvalue weighted by atomic mass is 32.1. The Balaban J connectivity index is 1.36. The van der Waals surface area contributed by atoms with Crippen LogP contribution < -0.4 is 5.32 Å². The summed E-state index contributed by atoms with van der Waals surface area (Å²) in [4.78, 5) is 28.6. The van der Waals surface area contributed by atoms with Crippen molar-refractivity contribution in [3.63, 3.8) is 0 Å². The Morgan fingerprint density at radius 2 is 1.96 bits per heavy atom. The van der Waals surface area contributed by atoms with Gasteiger partial charge in [0, 0.05) is 31.6 Å². The second kappa shape index (κ2) is 7.40. The van der Waals surface area contributed by atoms with Gasteiger partial charge in [0.1, 0.15) is 11.5 Å². The first-order valence-electron chi connectivity index (χ1n) is 8.82. The third kappa shape index (κ3) is 3.66. The molecule has 1 fully saturated rings. The van der Waals surface area contributed by atoms with E-state index in [2.05, 4.69) is 9.69 Å². The van der Waals surface area contributed by atoms with Gasteiger partial charge in [0.15, 0.2) is 0 Å². The van der Waals surface area contributed by atoms with Crippen LogP contribution in [-0.2, 0) is 6.54 Å². The van der Waals surface area contributed by atoms with Crippen LogP contribution in [0.1, 0.15) is 21.8 Å². The molecule has 2 aromatic heterocycles. The number of aromatic nitrogens is 1. The maximum Gasteiger partial charge on any atom is 0.317 e. The van der Waals surface area contributed by atoms with E-state index in [1.165, 1.54) is 11.5 Å². The van der Waals surface area contributed by atoms with Gasteiger partial charge in [-0.05, 0) is 42.7 Å². The second-order valence-corrected chi connectivity index (χ2v) is 7.35. The highest BCUT2D eigenvalue weighted by molar-refractivity contribution is 7.13. The van der Waals surface area contributed by atoms with Gasteiger partial charge in [0.25, 0.3) is 5.91 Å². The number of carbonyl (C=O) groups is 2. The topological polar surface area (TPSA) is 78.7 Å². The van der Waals surface area contributed by atoms with E-state index in [-0.39, 0.29) is 11.9 Å². The molecule has 8 heteroatoms. The van der Waals surface area contributed by atoms with Gasteiger partial charge in [-0.3, -0.25) is 4.79 Å². The molecular weight excluding hydrogens is 364 g/mol. The van der Waals surface area contributed by atoms with Gasteiger partial charge in [0.05, 0.1) is 17.5 Å². The average molecular weight is 384 g/mol. The number of carbonyl (C=O) groups excluding carboxylic acids is 2. The molecule has 0 saturated carbocycles. The highest BCUT2D eigenvalue weighted by Crippen LogP contribution is 2.25. The lowest BCUT2D eigenvalue weighted by Gasteiger charge is -2.34. The molecule has 3 aromatic rings. The van der Waals surface area contributed by atoms with Crippen LogP contribution in [0.25, 0.3) is 10.1 Å².